The summed E-state index contributed by atoms with van der Waals surface area (Å²) in [6, 6.07) is 8.53. The molecular weight excluding hydrogens is 272 g/mol. The molecule has 2 atom stereocenters. The molecule has 0 spiro atoms. The first-order valence-electron chi connectivity index (χ1n) is 7.25. The molecule has 20 heavy (non-hydrogen) atoms. The van der Waals surface area contributed by atoms with Crippen molar-refractivity contribution in [2.75, 3.05) is 13.1 Å². The molecule has 2 unspecified atom stereocenters. The second-order valence-electron chi connectivity index (χ2n) is 5.64. The summed E-state index contributed by atoms with van der Waals surface area (Å²) < 4.78 is 0. The Morgan fingerprint density at radius 3 is 2.95 bits per heavy atom. The van der Waals surface area contributed by atoms with E-state index in [1.165, 1.54) is 17.5 Å². The van der Waals surface area contributed by atoms with E-state index in [2.05, 4.69) is 36.5 Å². The number of fused-ring (bicyclic) bond motifs is 1. The lowest BCUT2D eigenvalue weighted by atomic mass is 9.81. The first-order valence-corrected chi connectivity index (χ1v) is 7.25. The third-order valence-electron chi connectivity index (χ3n) is 3.98. The van der Waals surface area contributed by atoms with Crippen molar-refractivity contribution in [1.29, 1.82) is 0 Å². The predicted molar refractivity (Wildman–Crippen MR) is 85.2 cm³/mol. The number of carbonyl (C=O) groups is 1. The smallest absolute Gasteiger partial charge is 0.220 e. The quantitative estimate of drug-likeness (QED) is 0.877. The SMILES string of the molecule is CC(CN)CNC(=O)CC1CCCc2ccccc21.Cl. The zero-order valence-corrected chi connectivity index (χ0v) is 12.9. The number of nitrogens with two attached hydrogens (primary N) is 1. The summed E-state index contributed by atoms with van der Waals surface area (Å²) in [4.78, 5) is 12.0. The number of carbonyl (C=O) groups excluding carboxylic acids is 1. The number of rotatable bonds is 5. The summed E-state index contributed by atoms with van der Waals surface area (Å²) in [6.07, 6.45) is 4.07. The van der Waals surface area contributed by atoms with E-state index in [1.807, 2.05) is 0 Å². The van der Waals surface area contributed by atoms with Gasteiger partial charge in [0.2, 0.25) is 5.91 Å². The van der Waals surface area contributed by atoms with Crippen LogP contribution in [0.2, 0.25) is 0 Å². The minimum atomic E-state index is 0. The van der Waals surface area contributed by atoms with Crippen LogP contribution in [-0.4, -0.2) is 19.0 Å². The van der Waals surface area contributed by atoms with E-state index >= 15 is 0 Å². The first kappa shape index (κ1) is 17.0. The molecule has 0 heterocycles. The van der Waals surface area contributed by atoms with E-state index in [1.54, 1.807) is 0 Å². The van der Waals surface area contributed by atoms with Gasteiger partial charge in [0.25, 0.3) is 0 Å². The first-order chi connectivity index (χ1) is 9.20. The number of halogens is 1. The van der Waals surface area contributed by atoms with Crippen LogP contribution in [0.15, 0.2) is 24.3 Å². The van der Waals surface area contributed by atoms with Gasteiger partial charge in [-0.05, 0) is 48.8 Å². The Bertz CT molecular complexity index is 436. The zero-order chi connectivity index (χ0) is 13.7. The Morgan fingerprint density at radius 2 is 2.20 bits per heavy atom. The number of amides is 1. The Kier molecular flexibility index (Phi) is 7.03. The number of aryl methyl sites for hydroxylation is 1. The van der Waals surface area contributed by atoms with Crippen LogP contribution in [0.5, 0.6) is 0 Å². The van der Waals surface area contributed by atoms with Crippen molar-refractivity contribution >= 4 is 18.3 Å². The molecule has 3 N–H and O–H groups in total. The van der Waals surface area contributed by atoms with Crippen LogP contribution in [0.1, 0.15) is 43.2 Å². The van der Waals surface area contributed by atoms with Gasteiger partial charge >= 0.3 is 0 Å². The second kappa shape index (κ2) is 8.28. The van der Waals surface area contributed by atoms with Crippen LogP contribution in [0.4, 0.5) is 0 Å². The maximum atomic E-state index is 12.0. The topological polar surface area (TPSA) is 55.1 Å². The largest absolute Gasteiger partial charge is 0.356 e. The summed E-state index contributed by atoms with van der Waals surface area (Å²) in [5.74, 6) is 0.891. The van der Waals surface area contributed by atoms with Gasteiger partial charge in [0.1, 0.15) is 0 Å². The standard InChI is InChI=1S/C16H24N2O.ClH/c1-12(10-17)11-18-16(19)9-14-7-4-6-13-5-2-3-8-15(13)14;/h2-3,5,8,12,14H,4,6-7,9-11,17H2,1H3,(H,18,19);1H. The highest BCUT2D eigenvalue weighted by atomic mass is 35.5. The molecule has 4 heteroatoms. The summed E-state index contributed by atoms with van der Waals surface area (Å²) >= 11 is 0. The van der Waals surface area contributed by atoms with Crippen molar-refractivity contribution < 1.29 is 4.79 Å². The molecule has 3 nitrogen and oxygen atoms in total. The molecule has 2 rings (SSSR count). The van der Waals surface area contributed by atoms with E-state index in [4.69, 9.17) is 5.73 Å². The molecule has 0 saturated heterocycles. The van der Waals surface area contributed by atoms with Crippen molar-refractivity contribution in [2.24, 2.45) is 11.7 Å². The number of hydrogen-bond acceptors (Lipinski definition) is 2. The highest BCUT2D eigenvalue weighted by molar-refractivity contribution is 5.85. The van der Waals surface area contributed by atoms with Crippen molar-refractivity contribution in [2.45, 2.75) is 38.5 Å². The third kappa shape index (κ3) is 4.50. The average molecular weight is 297 g/mol. The Balaban J connectivity index is 0.00000200. The van der Waals surface area contributed by atoms with Gasteiger partial charge in [-0.2, -0.15) is 0 Å². The minimum Gasteiger partial charge on any atom is -0.356 e. The van der Waals surface area contributed by atoms with Crippen LogP contribution >= 0.6 is 12.4 Å². The van der Waals surface area contributed by atoms with E-state index in [9.17, 15) is 4.79 Å². The molecule has 0 fully saturated rings. The molecule has 1 aliphatic carbocycles. The monoisotopic (exact) mass is 296 g/mol. The van der Waals surface area contributed by atoms with Crippen LogP contribution in [0.3, 0.4) is 0 Å². The number of hydrogen-bond donors (Lipinski definition) is 2. The van der Waals surface area contributed by atoms with Gasteiger partial charge in [0.15, 0.2) is 0 Å². The van der Waals surface area contributed by atoms with Crippen LogP contribution < -0.4 is 11.1 Å². The lowest BCUT2D eigenvalue weighted by Gasteiger charge is -2.25. The van der Waals surface area contributed by atoms with Gasteiger partial charge in [-0.15, -0.1) is 12.4 Å². The molecule has 0 aromatic heterocycles. The summed E-state index contributed by atoms with van der Waals surface area (Å²) in [5.41, 5.74) is 8.34. The fraction of sp³-hybridized carbons (Fsp3) is 0.562. The second-order valence-corrected chi connectivity index (χ2v) is 5.64. The highest BCUT2D eigenvalue weighted by Crippen LogP contribution is 2.33. The van der Waals surface area contributed by atoms with Gasteiger partial charge in [0, 0.05) is 13.0 Å². The fourth-order valence-electron chi connectivity index (χ4n) is 2.73. The predicted octanol–water partition coefficient (Wildman–Crippen LogP) is 2.63. The van der Waals surface area contributed by atoms with Crippen LogP contribution in [0, 0.1) is 5.92 Å². The molecule has 1 aromatic carbocycles. The van der Waals surface area contributed by atoms with E-state index in [0.717, 1.165) is 12.8 Å². The Morgan fingerprint density at radius 1 is 1.45 bits per heavy atom. The lowest BCUT2D eigenvalue weighted by Crippen LogP contribution is -2.32. The van der Waals surface area contributed by atoms with Gasteiger partial charge in [0.05, 0.1) is 0 Å². The van der Waals surface area contributed by atoms with Crippen molar-refractivity contribution in [3.05, 3.63) is 35.4 Å². The van der Waals surface area contributed by atoms with E-state index < -0.39 is 0 Å². The highest BCUT2D eigenvalue weighted by Gasteiger charge is 2.22. The molecule has 0 bridgehead atoms. The Labute approximate surface area is 127 Å². The fourth-order valence-corrected chi connectivity index (χ4v) is 2.73. The van der Waals surface area contributed by atoms with Crippen LogP contribution in [0.25, 0.3) is 0 Å². The van der Waals surface area contributed by atoms with Crippen molar-refractivity contribution in [3.63, 3.8) is 0 Å². The van der Waals surface area contributed by atoms with Gasteiger partial charge in [-0.25, -0.2) is 0 Å². The molecule has 1 aromatic rings. The number of nitrogens with one attached hydrogen (secondary N) is 1. The van der Waals surface area contributed by atoms with Gasteiger partial charge in [-0.3, -0.25) is 4.79 Å². The maximum Gasteiger partial charge on any atom is 0.220 e. The van der Waals surface area contributed by atoms with Gasteiger partial charge < -0.3 is 11.1 Å². The molecular formula is C16H25ClN2O. The van der Waals surface area contributed by atoms with E-state index in [0.29, 0.717) is 31.3 Å². The normalized spacial score (nSPS) is 18.6. The third-order valence-corrected chi connectivity index (χ3v) is 3.98. The minimum absolute atomic E-state index is 0. The summed E-state index contributed by atoms with van der Waals surface area (Å²) in [5, 5.41) is 2.99. The molecule has 0 radical (unpaired) electrons. The zero-order valence-electron chi connectivity index (χ0n) is 12.1. The molecule has 0 saturated carbocycles. The van der Waals surface area contributed by atoms with Gasteiger partial charge in [-0.1, -0.05) is 31.2 Å². The molecule has 112 valence electrons. The summed E-state index contributed by atoms with van der Waals surface area (Å²) in [7, 11) is 0. The van der Waals surface area contributed by atoms with Crippen LogP contribution in [-0.2, 0) is 11.2 Å². The summed E-state index contributed by atoms with van der Waals surface area (Å²) in [6.45, 7) is 3.35. The van der Waals surface area contributed by atoms with Crippen molar-refractivity contribution in [1.82, 2.24) is 5.32 Å². The van der Waals surface area contributed by atoms with E-state index in [-0.39, 0.29) is 18.3 Å². The van der Waals surface area contributed by atoms with Crippen molar-refractivity contribution in [3.8, 4) is 0 Å². The number of benzene rings is 1. The average Bonchev–Trinajstić information content (AvgIpc) is 2.45. The molecule has 1 aliphatic rings. The maximum absolute atomic E-state index is 12.0. The molecule has 1 amide bonds. The Hall–Kier alpha value is -1.06. The lowest BCUT2D eigenvalue weighted by molar-refractivity contribution is -0.121. The molecule has 0 aliphatic heterocycles.